The van der Waals surface area contributed by atoms with Gasteiger partial charge in [0, 0.05) is 33.1 Å². The number of morpholine rings is 1. The Morgan fingerprint density at radius 1 is 1.32 bits per heavy atom. The van der Waals surface area contributed by atoms with E-state index in [1.807, 2.05) is 0 Å². The quantitative estimate of drug-likeness (QED) is 0.693. The molecule has 1 unspecified atom stereocenters. The molecule has 8 nitrogen and oxygen atoms in total. The highest BCUT2D eigenvalue weighted by Gasteiger charge is 2.38. The SMILES string of the molecule is Cc1nc(C2(NCC(=O)NCC3CN(CC(C)C)CCO3)CCCCC2)no1. The highest BCUT2D eigenvalue weighted by Crippen LogP contribution is 2.35. The number of carbonyl (C=O) groups excluding carboxylic acids is 1. The van der Waals surface area contributed by atoms with Gasteiger partial charge in [-0.3, -0.25) is 15.0 Å². The van der Waals surface area contributed by atoms with E-state index < -0.39 is 0 Å². The Morgan fingerprint density at radius 3 is 2.79 bits per heavy atom. The van der Waals surface area contributed by atoms with Gasteiger partial charge < -0.3 is 14.6 Å². The summed E-state index contributed by atoms with van der Waals surface area (Å²) in [5, 5.41) is 10.6. The lowest BCUT2D eigenvalue weighted by Crippen LogP contribution is -2.51. The van der Waals surface area contributed by atoms with Crippen LogP contribution in [0.5, 0.6) is 0 Å². The first-order valence-electron chi connectivity index (χ1n) is 10.6. The number of nitrogens with one attached hydrogen (secondary N) is 2. The van der Waals surface area contributed by atoms with Gasteiger partial charge in [-0.1, -0.05) is 38.3 Å². The smallest absolute Gasteiger partial charge is 0.234 e. The Bertz CT molecular complexity index is 627. The summed E-state index contributed by atoms with van der Waals surface area (Å²) in [6, 6.07) is 0. The van der Waals surface area contributed by atoms with Crippen molar-refractivity contribution in [1.29, 1.82) is 0 Å². The lowest BCUT2D eigenvalue weighted by atomic mass is 9.81. The molecule has 1 aliphatic carbocycles. The van der Waals surface area contributed by atoms with Crippen molar-refractivity contribution in [3.63, 3.8) is 0 Å². The van der Waals surface area contributed by atoms with Gasteiger partial charge >= 0.3 is 0 Å². The van der Waals surface area contributed by atoms with Crippen LogP contribution < -0.4 is 10.6 Å². The van der Waals surface area contributed by atoms with Gasteiger partial charge in [-0.15, -0.1) is 0 Å². The fourth-order valence-electron chi connectivity index (χ4n) is 4.25. The standard InChI is InChI=1S/C20H35N5O3/c1-15(2)13-25-9-10-27-17(14-25)11-21-18(26)12-22-20(7-5-4-6-8-20)19-23-16(3)28-24-19/h15,17,22H,4-14H2,1-3H3,(H,21,26). The molecule has 8 heteroatoms. The second-order valence-electron chi connectivity index (χ2n) is 8.58. The maximum Gasteiger partial charge on any atom is 0.234 e. The van der Waals surface area contributed by atoms with Gasteiger partial charge in [0.15, 0.2) is 5.82 Å². The fraction of sp³-hybridized carbons (Fsp3) is 0.850. The molecule has 1 saturated carbocycles. The Kier molecular flexibility index (Phi) is 7.42. The maximum absolute atomic E-state index is 12.5. The van der Waals surface area contributed by atoms with E-state index >= 15 is 0 Å². The first-order chi connectivity index (χ1) is 13.5. The zero-order valence-corrected chi connectivity index (χ0v) is 17.5. The summed E-state index contributed by atoms with van der Waals surface area (Å²) in [6.07, 6.45) is 5.32. The number of carbonyl (C=O) groups is 1. The molecule has 1 atom stereocenters. The average molecular weight is 394 g/mol. The number of hydrogen-bond donors (Lipinski definition) is 2. The van der Waals surface area contributed by atoms with Gasteiger partial charge in [0.1, 0.15) is 0 Å². The van der Waals surface area contributed by atoms with Crippen LogP contribution in [-0.4, -0.2) is 66.4 Å². The first-order valence-corrected chi connectivity index (χ1v) is 10.6. The molecule has 0 spiro atoms. The monoisotopic (exact) mass is 393 g/mol. The van der Waals surface area contributed by atoms with E-state index in [0.29, 0.717) is 24.2 Å². The van der Waals surface area contributed by atoms with Gasteiger partial charge in [-0.05, 0) is 18.8 Å². The van der Waals surface area contributed by atoms with Crippen LogP contribution in [0.4, 0.5) is 0 Å². The van der Waals surface area contributed by atoms with E-state index in [4.69, 9.17) is 9.26 Å². The van der Waals surface area contributed by atoms with Gasteiger partial charge in [0.2, 0.25) is 11.8 Å². The lowest BCUT2D eigenvalue weighted by molar-refractivity contribution is -0.122. The molecule has 1 aliphatic heterocycles. The molecule has 0 radical (unpaired) electrons. The van der Waals surface area contributed by atoms with Crippen molar-refractivity contribution in [2.75, 3.05) is 39.3 Å². The Hall–Kier alpha value is -1.51. The van der Waals surface area contributed by atoms with Crippen molar-refractivity contribution < 1.29 is 14.1 Å². The molecule has 0 bridgehead atoms. The summed E-state index contributed by atoms with van der Waals surface area (Å²) in [5.74, 6) is 1.86. The minimum atomic E-state index is -0.358. The molecule has 158 valence electrons. The first kappa shape index (κ1) is 21.2. The van der Waals surface area contributed by atoms with E-state index in [-0.39, 0.29) is 24.1 Å². The second-order valence-corrected chi connectivity index (χ2v) is 8.58. The highest BCUT2D eigenvalue weighted by molar-refractivity contribution is 5.78. The van der Waals surface area contributed by atoms with Crippen LogP contribution in [0.3, 0.4) is 0 Å². The number of aromatic nitrogens is 2. The molecular weight excluding hydrogens is 358 g/mol. The summed E-state index contributed by atoms with van der Waals surface area (Å²) in [4.78, 5) is 19.3. The normalized spacial score (nSPS) is 23.1. The van der Waals surface area contributed by atoms with E-state index in [1.165, 1.54) is 6.42 Å². The molecule has 28 heavy (non-hydrogen) atoms. The molecule has 1 amide bonds. The highest BCUT2D eigenvalue weighted by atomic mass is 16.5. The van der Waals surface area contributed by atoms with Gasteiger partial charge in [-0.2, -0.15) is 4.98 Å². The van der Waals surface area contributed by atoms with Crippen LogP contribution in [0.15, 0.2) is 4.52 Å². The molecule has 2 fully saturated rings. The van der Waals surface area contributed by atoms with E-state index in [1.54, 1.807) is 6.92 Å². The molecule has 0 aromatic carbocycles. The minimum absolute atomic E-state index is 0.0188. The maximum atomic E-state index is 12.5. The van der Waals surface area contributed by atoms with Crippen molar-refractivity contribution in [3.8, 4) is 0 Å². The summed E-state index contributed by atoms with van der Waals surface area (Å²) in [7, 11) is 0. The summed E-state index contributed by atoms with van der Waals surface area (Å²) in [5.41, 5.74) is -0.358. The predicted molar refractivity (Wildman–Crippen MR) is 106 cm³/mol. The molecule has 2 N–H and O–H groups in total. The number of nitrogens with zero attached hydrogens (tertiary/aromatic N) is 3. The lowest BCUT2D eigenvalue weighted by Gasteiger charge is -2.35. The molecule has 3 rings (SSSR count). The summed E-state index contributed by atoms with van der Waals surface area (Å²) < 4.78 is 11.0. The zero-order chi connectivity index (χ0) is 20.0. The number of ether oxygens (including phenoxy) is 1. The van der Waals surface area contributed by atoms with E-state index in [2.05, 4.69) is 39.5 Å². The second kappa shape index (κ2) is 9.80. The van der Waals surface area contributed by atoms with Crippen LogP contribution in [0.2, 0.25) is 0 Å². The molecular formula is C20H35N5O3. The third kappa shape index (κ3) is 5.75. The molecule has 1 aromatic rings. The summed E-state index contributed by atoms with van der Waals surface area (Å²) in [6.45, 7) is 10.7. The Balaban J connectivity index is 1.47. The van der Waals surface area contributed by atoms with Crippen LogP contribution in [0.25, 0.3) is 0 Å². The average Bonchev–Trinajstić information content (AvgIpc) is 3.12. The van der Waals surface area contributed by atoms with Crippen molar-refractivity contribution in [1.82, 2.24) is 25.7 Å². The van der Waals surface area contributed by atoms with Crippen LogP contribution in [0.1, 0.15) is 57.7 Å². The molecule has 1 aromatic heterocycles. The van der Waals surface area contributed by atoms with Crippen LogP contribution in [0, 0.1) is 12.8 Å². The Labute approximate surface area is 167 Å². The van der Waals surface area contributed by atoms with Gasteiger partial charge in [0.25, 0.3) is 0 Å². The van der Waals surface area contributed by atoms with Crippen LogP contribution in [-0.2, 0) is 15.1 Å². The van der Waals surface area contributed by atoms with Gasteiger partial charge in [-0.25, -0.2) is 0 Å². The van der Waals surface area contributed by atoms with Crippen molar-refractivity contribution in [2.45, 2.75) is 64.5 Å². The zero-order valence-electron chi connectivity index (χ0n) is 17.5. The summed E-state index contributed by atoms with van der Waals surface area (Å²) >= 11 is 0. The van der Waals surface area contributed by atoms with Crippen LogP contribution >= 0.6 is 0 Å². The van der Waals surface area contributed by atoms with E-state index in [0.717, 1.165) is 51.9 Å². The largest absolute Gasteiger partial charge is 0.374 e. The topological polar surface area (TPSA) is 92.5 Å². The third-order valence-electron chi connectivity index (χ3n) is 5.62. The number of amides is 1. The number of rotatable bonds is 8. The minimum Gasteiger partial charge on any atom is -0.374 e. The van der Waals surface area contributed by atoms with Crippen molar-refractivity contribution >= 4 is 5.91 Å². The molecule has 2 heterocycles. The Morgan fingerprint density at radius 2 is 2.11 bits per heavy atom. The number of hydrogen-bond acceptors (Lipinski definition) is 7. The van der Waals surface area contributed by atoms with Crippen molar-refractivity contribution in [2.24, 2.45) is 5.92 Å². The number of aryl methyl sites for hydroxylation is 1. The van der Waals surface area contributed by atoms with Gasteiger partial charge in [0.05, 0.1) is 24.8 Å². The molecule has 2 aliphatic rings. The predicted octanol–water partition coefficient (Wildman–Crippen LogP) is 1.60. The molecule has 1 saturated heterocycles. The van der Waals surface area contributed by atoms with Crippen molar-refractivity contribution in [3.05, 3.63) is 11.7 Å². The van der Waals surface area contributed by atoms with E-state index in [9.17, 15) is 4.79 Å². The third-order valence-corrected chi connectivity index (χ3v) is 5.62. The fourth-order valence-corrected chi connectivity index (χ4v) is 4.25.